The lowest BCUT2D eigenvalue weighted by Crippen LogP contribution is -2.05. The van der Waals surface area contributed by atoms with E-state index in [1.165, 1.54) is 0 Å². The molecule has 0 saturated heterocycles. The van der Waals surface area contributed by atoms with Crippen molar-refractivity contribution in [2.24, 2.45) is 5.10 Å². The Hall–Kier alpha value is -2.43. The molecule has 0 atom stereocenters. The van der Waals surface area contributed by atoms with Crippen LogP contribution in [0.5, 0.6) is 5.75 Å². The van der Waals surface area contributed by atoms with Crippen molar-refractivity contribution in [3.8, 4) is 5.75 Å². The SMILES string of the molecule is COc1ccccc1C/C(C)=N\Nc1nc(C)cc(C)n1. The molecule has 1 N–H and O–H groups in total. The molecule has 0 radical (unpaired) electrons. The molecule has 1 aromatic carbocycles. The van der Waals surface area contributed by atoms with Crippen molar-refractivity contribution >= 4 is 11.7 Å². The molecule has 0 aliphatic heterocycles. The van der Waals surface area contributed by atoms with Gasteiger partial charge in [-0.05, 0) is 38.5 Å². The van der Waals surface area contributed by atoms with E-state index in [-0.39, 0.29) is 0 Å². The van der Waals surface area contributed by atoms with Crippen LogP contribution in [-0.4, -0.2) is 22.8 Å². The molecule has 5 heteroatoms. The van der Waals surface area contributed by atoms with Crippen LogP contribution in [0.2, 0.25) is 0 Å². The standard InChI is InChI=1S/C16H20N4O/c1-11-9-12(2)18-16(17-11)20-19-13(3)10-14-7-5-6-8-15(14)21-4/h5-9H,10H2,1-4H3,(H,17,18,20)/b19-13-. The zero-order valence-electron chi connectivity index (χ0n) is 12.8. The molecule has 1 aromatic heterocycles. The molecule has 21 heavy (non-hydrogen) atoms. The molecule has 2 aromatic rings. The zero-order valence-corrected chi connectivity index (χ0v) is 12.8. The van der Waals surface area contributed by atoms with Crippen molar-refractivity contribution in [1.82, 2.24) is 9.97 Å². The Morgan fingerprint density at radius 1 is 1.19 bits per heavy atom. The van der Waals surface area contributed by atoms with Crippen LogP contribution in [0, 0.1) is 13.8 Å². The largest absolute Gasteiger partial charge is 0.496 e. The maximum atomic E-state index is 5.34. The number of nitrogens with one attached hydrogen (secondary N) is 1. The first-order valence-corrected chi connectivity index (χ1v) is 6.82. The van der Waals surface area contributed by atoms with Gasteiger partial charge in [0.2, 0.25) is 5.95 Å². The Labute approximate surface area is 125 Å². The smallest absolute Gasteiger partial charge is 0.243 e. The summed E-state index contributed by atoms with van der Waals surface area (Å²) in [5, 5.41) is 4.33. The summed E-state index contributed by atoms with van der Waals surface area (Å²) in [6.45, 7) is 5.83. The van der Waals surface area contributed by atoms with E-state index >= 15 is 0 Å². The second kappa shape index (κ2) is 6.83. The van der Waals surface area contributed by atoms with Crippen LogP contribution in [0.4, 0.5) is 5.95 Å². The summed E-state index contributed by atoms with van der Waals surface area (Å²) >= 11 is 0. The number of para-hydroxylation sites is 1. The molecule has 0 unspecified atom stereocenters. The van der Waals surface area contributed by atoms with E-state index in [1.54, 1.807) is 7.11 Å². The number of benzene rings is 1. The number of methoxy groups -OCH3 is 1. The molecule has 0 saturated carbocycles. The highest BCUT2D eigenvalue weighted by atomic mass is 16.5. The summed E-state index contributed by atoms with van der Waals surface area (Å²) in [6, 6.07) is 9.85. The summed E-state index contributed by atoms with van der Waals surface area (Å²) in [5.74, 6) is 1.39. The number of aromatic nitrogens is 2. The maximum Gasteiger partial charge on any atom is 0.243 e. The van der Waals surface area contributed by atoms with Gasteiger partial charge < -0.3 is 4.74 Å². The fourth-order valence-corrected chi connectivity index (χ4v) is 2.09. The molecule has 0 fully saturated rings. The molecule has 1 heterocycles. The molecule has 0 aliphatic carbocycles. The molecular formula is C16H20N4O. The van der Waals surface area contributed by atoms with Crippen LogP contribution in [0.3, 0.4) is 0 Å². The molecule has 5 nitrogen and oxygen atoms in total. The van der Waals surface area contributed by atoms with E-state index in [4.69, 9.17) is 4.74 Å². The van der Waals surface area contributed by atoms with Crippen LogP contribution >= 0.6 is 0 Å². The van der Waals surface area contributed by atoms with Gasteiger partial charge in [0.15, 0.2) is 0 Å². The van der Waals surface area contributed by atoms with Crippen molar-refractivity contribution in [1.29, 1.82) is 0 Å². The normalized spacial score (nSPS) is 11.3. The predicted octanol–water partition coefficient (Wildman–Crippen LogP) is 3.13. The number of nitrogens with zero attached hydrogens (tertiary/aromatic N) is 3. The molecule has 0 bridgehead atoms. The first kappa shape index (κ1) is 15.0. The summed E-state index contributed by atoms with van der Waals surface area (Å²) in [7, 11) is 1.67. The minimum absolute atomic E-state index is 0.520. The number of hydrogen-bond acceptors (Lipinski definition) is 5. The van der Waals surface area contributed by atoms with Gasteiger partial charge in [-0.2, -0.15) is 5.10 Å². The van der Waals surface area contributed by atoms with Crippen molar-refractivity contribution in [3.05, 3.63) is 47.3 Å². The first-order valence-electron chi connectivity index (χ1n) is 6.82. The second-order valence-electron chi connectivity index (χ2n) is 4.92. The predicted molar refractivity (Wildman–Crippen MR) is 84.9 cm³/mol. The summed E-state index contributed by atoms with van der Waals surface area (Å²) in [6.07, 6.45) is 0.710. The Kier molecular flexibility index (Phi) is 4.87. The number of ether oxygens (including phenoxy) is 1. The lowest BCUT2D eigenvalue weighted by molar-refractivity contribution is 0.411. The van der Waals surface area contributed by atoms with Crippen LogP contribution in [0.25, 0.3) is 0 Å². The number of hydrogen-bond donors (Lipinski definition) is 1. The van der Waals surface area contributed by atoms with Gasteiger partial charge in [-0.15, -0.1) is 0 Å². The van der Waals surface area contributed by atoms with Crippen LogP contribution in [-0.2, 0) is 6.42 Å². The molecule has 0 aliphatic rings. The summed E-state index contributed by atoms with van der Waals surface area (Å²) in [4.78, 5) is 8.59. The topological polar surface area (TPSA) is 59.4 Å². The maximum absolute atomic E-state index is 5.34. The van der Waals surface area contributed by atoms with Gasteiger partial charge in [-0.3, -0.25) is 0 Å². The molecule has 2 rings (SSSR count). The number of aryl methyl sites for hydroxylation is 2. The molecule has 0 amide bonds. The first-order chi connectivity index (χ1) is 10.1. The van der Waals surface area contributed by atoms with E-state index in [2.05, 4.69) is 20.5 Å². The van der Waals surface area contributed by atoms with Gasteiger partial charge in [0.25, 0.3) is 0 Å². The van der Waals surface area contributed by atoms with Gasteiger partial charge in [0, 0.05) is 23.5 Å². The highest BCUT2D eigenvalue weighted by Gasteiger charge is 2.04. The van der Waals surface area contributed by atoms with Crippen molar-refractivity contribution < 1.29 is 4.74 Å². The zero-order chi connectivity index (χ0) is 15.2. The van der Waals surface area contributed by atoms with Crippen molar-refractivity contribution in [3.63, 3.8) is 0 Å². The quantitative estimate of drug-likeness (QED) is 0.677. The Morgan fingerprint density at radius 2 is 1.86 bits per heavy atom. The van der Waals surface area contributed by atoms with Gasteiger partial charge in [-0.1, -0.05) is 18.2 Å². The van der Waals surface area contributed by atoms with Crippen molar-refractivity contribution in [2.45, 2.75) is 27.2 Å². The highest BCUT2D eigenvalue weighted by Crippen LogP contribution is 2.18. The van der Waals surface area contributed by atoms with Gasteiger partial charge >= 0.3 is 0 Å². The minimum Gasteiger partial charge on any atom is -0.496 e. The lowest BCUT2D eigenvalue weighted by atomic mass is 10.1. The fraction of sp³-hybridized carbons (Fsp3) is 0.312. The Morgan fingerprint density at radius 3 is 2.52 bits per heavy atom. The van der Waals surface area contributed by atoms with E-state index in [1.807, 2.05) is 51.1 Å². The molecule has 110 valence electrons. The monoisotopic (exact) mass is 284 g/mol. The Balaban J connectivity index is 2.07. The van der Waals surface area contributed by atoms with Crippen molar-refractivity contribution in [2.75, 3.05) is 12.5 Å². The highest BCUT2D eigenvalue weighted by molar-refractivity contribution is 5.85. The van der Waals surface area contributed by atoms with Gasteiger partial charge in [0.05, 0.1) is 7.11 Å². The molecule has 0 spiro atoms. The van der Waals surface area contributed by atoms with E-state index < -0.39 is 0 Å². The number of rotatable bonds is 5. The van der Waals surface area contributed by atoms with Gasteiger partial charge in [-0.25, -0.2) is 15.4 Å². The minimum atomic E-state index is 0.520. The fourth-order valence-electron chi connectivity index (χ4n) is 2.09. The summed E-state index contributed by atoms with van der Waals surface area (Å²) in [5.41, 5.74) is 6.78. The van der Waals surface area contributed by atoms with E-state index in [0.29, 0.717) is 12.4 Å². The van der Waals surface area contributed by atoms with Crippen LogP contribution in [0.15, 0.2) is 35.4 Å². The average Bonchev–Trinajstić information content (AvgIpc) is 2.45. The number of anilines is 1. The third-order valence-electron chi connectivity index (χ3n) is 2.97. The van der Waals surface area contributed by atoms with Crippen LogP contribution < -0.4 is 10.2 Å². The van der Waals surface area contributed by atoms with E-state index in [0.717, 1.165) is 28.4 Å². The van der Waals surface area contributed by atoms with Gasteiger partial charge in [0.1, 0.15) is 5.75 Å². The number of hydrazone groups is 1. The average molecular weight is 284 g/mol. The van der Waals surface area contributed by atoms with E-state index in [9.17, 15) is 0 Å². The molecular weight excluding hydrogens is 264 g/mol. The lowest BCUT2D eigenvalue weighted by Gasteiger charge is -2.08. The Bertz CT molecular complexity index is 632. The summed E-state index contributed by atoms with van der Waals surface area (Å²) < 4.78 is 5.34. The van der Waals surface area contributed by atoms with Crippen LogP contribution in [0.1, 0.15) is 23.9 Å². The third-order valence-corrected chi connectivity index (χ3v) is 2.97. The second-order valence-corrected chi connectivity index (χ2v) is 4.92. The third kappa shape index (κ3) is 4.27.